The minimum atomic E-state index is -0.240. The van der Waals surface area contributed by atoms with Crippen LogP contribution in [0.15, 0.2) is 48.5 Å². The van der Waals surface area contributed by atoms with Crippen molar-refractivity contribution in [2.75, 3.05) is 17.7 Å². The van der Waals surface area contributed by atoms with Crippen LogP contribution in [0.25, 0.3) is 0 Å². The zero-order valence-electron chi connectivity index (χ0n) is 15.4. The summed E-state index contributed by atoms with van der Waals surface area (Å²) in [5.41, 5.74) is 3.94. The fraction of sp³-hybridized carbons (Fsp3) is 0.200. The number of ether oxygens (including phenoxy) is 1. The van der Waals surface area contributed by atoms with Crippen LogP contribution in [-0.2, 0) is 6.54 Å². The van der Waals surface area contributed by atoms with Gasteiger partial charge in [0, 0.05) is 11.3 Å². The summed E-state index contributed by atoms with van der Waals surface area (Å²) in [4.78, 5) is 0. The number of halogens is 1. The second-order valence-corrected chi connectivity index (χ2v) is 6.51. The molecule has 0 saturated heterocycles. The molecule has 0 aliphatic heterocycles. The predicted octanol–water partition coefficient (Wildman–Crippen LogP) is 4.50. The number of anilines is 2. The van der Waals surface area contributed by atoms with Gasteiger partial charge >= 0.3 is 0 Å². The van der Waals surface area contributed by atoms with Crippen LogP contribution in [0.1, 0.15) is 17.0 Å². The van der Waals surface area contributed by atoms with E-state index in [0.717, 1.165) is 28.5 Å². The normalized spacial score (nSPS) is 10.5. The van der Waals surface area contributed by atoms with Crippen molar-refractivity contribution in [3.63, 3.8) is 0 Å². The number of benzene rings is 2. The highest BCUT2D eigenvalue weighted by Crippen LogP contribution is 2.22. The van der Waals surface area contributed by atoms with Gasteiger partial charge < -0.3 is 15.4 Å². The Morgan fingerprint density at radius 1 is 1.11 bits per heavy atom. The van der Waals surface area contributed by atoms with Gasteiger partial charge in [-0.2, -0.15) is 5.10 Å². The van der Waals surface area contributed by atoms with Gasteiger partial charge in [-0.05, 0) is 56.4 Å². The van der Waals surface area contributed by atoms with Crippen LogP contribution >= 0.6 is 12.2 Å². The maximum absolute atomic E-state index is 13.9. The first-order chi connectivity index (χ1) is 13.0. The number of hydrogen-bond donors (Lipinski definition) is 2. The highest BCUT2D eigenvalue weighted by molar-refractivity contribution is 7.80. The third-order valence-corrected chi connectivity index (χ3v) is 4.45. The highest BCUT2D eigenvalue weighted by atomic mass is 32.1. The number of aromatic nitrogens is 2. The molecule has 2 N–H and O–H groups in total. The first-order valence-corrected chi connectivity index (χ1v) is 8.88. The van der Waals surface area contributed by atoms with Gasteiger partial charge in [0.2, 0.25) is 0 Å². The zero-order chi connectivity index (χ0) is 19.4. The molecule has 5 nitrogen and oxygen atoms in total. The molecule has 1 heterocycles. The number of hydrogen-bond acceptors (Lipinski definition) is 3. The van der Waals surface area contributed by atoms with E-state index >= 15 is 0 Å². The lowest BCUT2D eigenvalue weighted by atomic mass is 10.2. The van der Waals surface area contributed by atoms with Gasteiger partial charge in [-0.25, -0.2) is 4.39 Å². The Morgan fingerprint density at radius 2 is 1.81 bits per heavy atom. The average molecular weight is 384 g/mol. The molecule has 0 aliphatic carbocycles. The zero-order valence-corrected chi connectivity index (χ0v) is 16.2. The molecule has 0 radical (unpaired) electrons. The number of methoxy groups -OCH3 is 1. The maximum Gasteiger partial charge on any atom is 0.175 e. The quantitative estimate of drug-likeness (QED) is 0.634. The van der Waals surface area contributed by atoms with Crippen LogP contribution in [0, 0.1) is 19.7 Å². The lowest BCUT2D eigenvalue weighted by molar-refractivity contribution is 0.415. The molecule has 0 bridgehead atoms. The molecule has 0 amide bonds. The number of rotatable bonds is 5. The van der Waals surface area contributed by atoms with Crippen molar-refractivity contribution in [3.8, 4) is 5.75 Å². The molecule has 0 unspecified atom stereocenters. The second kappa shape index (κ2) is 8.18. The summed E-state index contributed by atoms with van der Waals surface area (Å²) in [6.45, 7) is 4.18. The minimum absolute atomic E-state index is 0.240. The summed E-state index contributed by atoms with van der Waals surface area (Å²) in [7, 11) is 1.62. The molecule has 0 spiro atoms. The molecule has 3 rings (SSSR count). The van der Waals surface area contributed by atoms with Crippen molar-refractivity contribution in [2.24, 2.45) is 0 Å². The summed E-state index contributed by atoms with van der Waals surface area (Å²) < 4.78 is 20.8. The van der Waals surface area contributed by atoms with Crippen LogP contribution in [0.5, 0.6) is 5.75 Å². The van der Waals surface area contributed by atoms with Gasteiger partial charge in [0.1, 0.15) is 11.6 Å². The second-order valence-electron chi connectivity index (χ2n) is 6.10. The summed E-state index contributed by atoms with van der Waals surface area (Å²) in [6, 6.07) is 14.2. The number of nitrogens with zero attached hydrogens (tertiary/aromatic N) is 2. The summed E-state index contributed by atoms with van der Waals surface area (Å²) in [5, 5.41) is 11.3. The van der Waals surface area contributed by atoms with Gasteiger partial charge in [-0.1, -0.05) is 18.2 Å². The summed E-state index contributed by atoms with van der Waals surface area (Å²) in [5.74, 6) is 0.539. The van der Waals surface area contributed by atoms with E-state index in [-0.39, 0.29) is 5.82 Å². The smallest absolute Gasteiger partial charge is 0.175 e. The Bertz CT molecular complexity index is 953. The molecular weight excluding hydrogens is 363 g/mol. The lowest BCUT2D eigenvalue weighted by Crippen LogP contribution is -2.20. The van der Waals surface area contributed by atoms with Gasteiger partial charge in [0.05, 0.1) is 30.7 Å². The Labute approximate surface area is 163 Å². The number of thiocarbonyl (C=S) groups is 1. The number of aryl methyl sites for hydroxylation is 1. The fourth-order valence-corrected chi connectivity index (χ4v) is 2.99. The monoisotopic (exact) mass is 384 g/mol. The van der Waals surface area contributed by atoms with Crippen LogP contribution in [0.3, 0.4) is 0 Å². The molecule has 27 heavy (non-hydrogen) atoms. The van der Waals surface area contributed by atoms with E-state index in [1.807, 2.05) is 44.2 Å². The van der Waals surface area contributed by atoms with Crippen LogP contribution in [0.2, 0.25) is 0 Å². The van der Waals surface area contributed by atoms with Gasteiger partial charge in [-0.15, -0.1) is 0 Å². The van der Waals surface area contributed by atoms with Crippen molar-refractivity contribution < 1.29 is 9.13 Å². The van der Waals surface area contributed by atoms with Gasteiger partial charge in [0.15, 0.2) is 5.11 Å². The summed E-state index contributed by atoms with van der Waals surface area (Å²) in [6.07, 6.45) is 0. The van der Waals surface area contributed by atoms with Crippen molar-refractivity contribution >= 4 is 28.7 Å². The molecule has 1 aromatic heterocycles. The standard InChI is InChI=1S/C20H21FN4OS/c1-13-19(23-20(27)22-16-8-10-17(26-3)11-9-16)14(2)25(24-13)12-15-6-4-5-7-18(15)21/h4-11H,12H2,1-3H3,(H2,22,23,27). The SMILES string of the molecule is COc1ccc(NC(=S)Nc2c(C)nn(Cc3ccccc3F)c2C)cc1. The van der Waals surface area contributed by atoms with Gasteiger partial charge in [-0.3, -0.25) is 4.68 Å². The largest absolute Gasteiger partial charge is 0.497 e. The molecule has 7 heteroatoms. The fourth-order valence-electron chi connectivity index (χ4n) is 2.77. The lowest BCUT2D eigenvalue weighted by Gasteiger charge is -2.12. The molecule has 0 saturated carbocycles. The Morgan fingerprint density at radius 3 is 2.48 bits per heavy atom. The van der Waals surface area contributed by atoms with E-state index in [4.69, 9.17) is 17.0 Å². The molecule has 3 aromatic rings. The van der Waals surface area contributed by atoms with E-state index in [9.17, 15) is 4.39 Å². The van der Waals surface area contributed by atoms with E-state index < -0.39 is 0 Å². The topological polar surface area (TPSA) is 51.1 Å². The Kier molecular flexibility index (Phi) is 5.71. The molecular formula is C20H21FN4OS. The van der Waals surface area contributed by atoms with E-state index in [2.05, 4.69) is 15.7 Å². The molecule has 0 aliphatic rings. The van der Waals surface area contributed by atoms with Crippen LogP contribution < -0.4 is 15.4 Å². The number of nitrogens with one attached hydrogen (secondary N) is 2. The highest BCUT2D eigenvalue weighted by Gasteiger charge is 2.14. The first-order valence-electron chi connectivity index (χ1n) is 8.47. The van der Waals surface area contributed by atoms with E-state index in [1.54, 1.807) is 23.9 Å². The van der Waals surface area contributed by atoms with Crippen molar-refractivity contribution in [3.05, 3.63) is 71.3 Å². The third-order valence-electron chi connectivity index (χ3n) is 4.25. The van der Waals surface area contributed by atoms with E-state index in [1.165, 1.54) is 6.07 Å². The van der Waals surface area contributed by atoms with Crippen molar-refractivity contribution in [2.45, 2.75) is 20.4 Å². The predicted molar refractivity (Wildman–Crippen MR) is 110 cm³/mol. The minimum Gasteiger partial charge on any atom is -0.497 e. The van der Waals surface area contributed by atoms with Gasteiger partial charge in [0.25, 0.3) is 0 Å². The van der Waals surface area contributed by atoms with E-state index in [0.29, 0.717) is 17.2 Å². The first kappa shape index (κ1) is 18.8. The molecule has 0 fully saturated rings. The Balaban J connectivity index is 1.72. The van der Waals surface area contributed by atoms with Crippen LogP contribution in [-0.4, -0.2) is 22.0 Å². The summed E-state index contributed by atoms with van der Waals surface area (Å²) >= 11 is 5.41. The molecule has 0 atom stereocenters. The molecule has 140 valence electrons. The maximum atomic E-state index is 13.9. The molecule has 2 aromatic carbocycles. The van der Waals surface area contributed by atoms with Crippen LogP contribution in [0.4, 0.5) is 15.8 Å². The Hall–Kier alpha value is -2.93. The third kappa shape index (κ3) is 4.43. The average Bonchev–Trinajstić information content (AvgIpc) is 2.91. The van der Waals surface area contributed by atoms with Crippen molar-refractivity contribution in [1.29, 1.82) is 0 Å². The van der Waals surface area contributed by atoms with Crippen molar-refractivity contribution in [1.82, 2.24) is 9.78 Å².